The van der Waals surface area contributed by atoms with Gasteiger partial charge in [-0.05, 0) is 36.5 Å². The van der Waals surface area contributed by atoms with Crippen LogP contribution in [0.5, 0.6) is 0 Å². The molecule has 0 bridgehead atoms. The van der Waals surface area contributed by atoms with Gasteiger partial charge in [0, 0.05) is 25.6 Å². The fraction of sp³-hybridized carbons (Fsp3) is 0.562. The van der Waals surface area contributed by atoms with Crippen LogP contribution in [0.15, 0.2) is 24.3 Å². The molecule has 0 spiro atoms. The zero-order valence-corrected chi connectivity index (χ0v) is 13.6. The minimum atomic E-state index is -0.602. The molecule has 1 aliphatic rings. The van der Waals surface area contributed by atoms with E-state index in [1.54, 1.807) is 12.1 Å². The highest BCUT2D eigenvalue weighted by atomic mass is 35.5. The second-order valence-electron chi connectivity index (χ2n) is 5.80. The summed E-state index contributed by atoms with van der Waals surface area (Å²) in [5, 5.41) is 10.4. The smallest absolute Gasteiger partial charge is 0.226 e. The maximum absolute atomic E-state index is 12.9. The summed E-state index contributed by atoms with van der Waals surface area (Å²) >= 11 is 0. The number of hydrogen-bond acceptors (Lipinski definition) is 3. The third kappa shape index (κ3) is 4.41. The summed E-state index contributed by atoms with van der Waals surface area (Å²) in [6.07, 6.45) is 0.901. The zero-order chi connectivity index (χ0) is 15.4. The monoisotopic (exact) mass is 330 g/mol. The molecule has 0 aliphatic carbocycles. The minimum Gasteiger partial charge on any atom is -0.388 e. The van der Waals surface area contributed by atoms with Crippen molar-refractivity contribution in [2.45, 2.75) is 25.9 Å². The molecule has 2 unspecified atom stereocenters. The van der Waals surface area contributed by atoms with Gasteiger partial charge in [-0.3, -0.25) is 4.79 Å². The first-order valence-corrected chi connectivity index (χ1v) is 7.45. The van der Waals surface area contributed by atoms with Crippen LogP contribution in [-0.4, -0.2) is 35.5 Å². The van der Waals surface area contributed by atoms with Crippen molar-refractivity contribution in [3.63, 3.8) is 0 Å². The Morgan fingerprint density at radius 1 is 1.36 bits per heavy atom. The molecule has 3 N–H and O–H groups in total. The van der Waals surface area contributed by atoms with Crippen LogP contribution in [0.3, 0.4) is 0 Å². The lowest BCUT2D eigenvalue weighted by atomic mass is 9.87. The highest BCUT2D eigenvalue weighted by Gasteiger charge is 2.29. The molecule has 1 saturated heterocycles. The molecule has 1 aliphatic heterocycles. The van der Waals surface area contributed by atoms with Gasteiger partial charge in [0.1, 0.15) is 5.82 Å². The molecule has 1 heterocycles. The molecule has 0 saturated carbocycles. The lowest BCUT2D eigenvalue weighted by Crippen LogP contribution is -2.43. The van der Waals surface area contributed by atoms with E-state index in [-0.39, 0.29) is 36.0 Å². The molecule has 0 radical (unpaired) electrons. The minimum absolute atomic E-state index is 0. The third-order valence-corrected chi connectivity index (χ3v) is 4.28. The number of rotatable bonds is 4. The van der Waals surface area contributed by atoms with Gasteiger partial charge in [-0.25, -0.2) is 4.39 Å². The molecule has 6 heteroatoms. The van der Waals surface area contributed by atoms with E-state index in [4.69, 9.17) is 5.73 Å². The van der Waals surface area contributed by atoms with Crippen molar-refractivity contribution in [1.82, 2.24) is 4.90 Å². The molecule has 1 aromatic carbocycles. The number of likely N-dealkylation sites (tertiary alicyclic amines) is 1. The summed E-state index contributed by atoms with van der Waals surface area (Å²) in [6.45, 7) is 3.48. The normalized spacial score (nSPS) is 18.5. The third-order valence-electron chi connectivity index (χ3n) is 4.28. The fourth-order valence-corrected chi connectivity index (χ4v) is 2.78. The zero-order valence-electron chi connectivity index (χ0n) is 12.7. The van der Waals surface area contributed by atoms with E-state index in [9.17, 15) is 14.3 Å². The predicted molar refractivity (Wildman–Crippen MR) is 86.1 cm³/mol. The van der Waals surface area contributed by atoms with E-state index in [1.807, 2.05) is 11.8 Å². The second-order valence-corrected chi connectivity index (χ2v) is 5.80. The Kier molecular flexibility index (Phi) is 7.26. The molecule has 2 rings (SSSR count). The number of nitrogens with zero attached hydrogens (tertiary/aromatic N) is 1. The Morgan fingerprint density at radius 2 is 1.91 bits per heavy atom. The van der Waals surface area contributed by atoms with E-state index in [0.717, 1.165) is 18.4 Å². The number of aliphatic hydroxyl groups excluding tert-OH is 1. The highest BCUT2D eigenvalue weighted by molar-refractivity contribution is 5.85. The molecule has 124 valence electrons. The van der Waals surface area contributed by atoms with Crippen molar-refractivity contribution in [3.8, 4) is 0 Å². The number of benzene rings is 1. The SMILES string of the molecule is CC(CN)C(=O)N1CCC(C(O)c2ccc(F)cc2)CC1.Cl. The predicted octanol–water partition coefficient (Wildman–Crippen LogP) is 2.11. The maximum atomic E-state index is 12.9. The summed E-state index contributed by atoms with van der Waals surface area (Å²) in [6, 6.07) is 5.96. The molecular formula is C16H24ClFN2O2. The van der Waals surface area contributed by atoms with Crippen LogP contribution in [-0.2, 0) is 4.79 Å². The van der Waals surface area contributed by atoms with Crippen molar-refractivity contribution < 1.29 is 14.3 Å². The van der Waals surface area contributed by atoms with E-state index in [1.165, 1.54) is 12.1 Å². The molecule has 1 fully saturated rings. The van der Waals surface area contributed by atoms with Gasteiger partial charge in [0.05, 0.1) is 6.10 Å². The topological polar surface area (TPSA) is 66.6 Å². The van der Waals surface area contributed by atoms with Gasteiger partial charge in [0.2, 0.25) is 5.91 Å². The summed E-state index contributed by atoms with van der Waals surface area (Å²) in [5.41, 5.74) is 6.26. The van der Waals surface area contributed by atoms with E-state index in [2.05, 4.69) is 0 Å². The van der Waals surface area contributed by atoms with Crippen molar-refractivity contribution >= 4 is 18.3 Å². The van der Waals surface area contributed by atoms with Crippen molar-refractivity contribution in [3.05, 3.63) is 35.6 Å². The standard InChI is InChI=1S/C16H23FN2O2.ClH/c1-11(10-18)16(21)19-8-6-13(7-9-19)15(20)12-2-4-14(17)5-3-12;/h2-5,11,13,15,20H,6-10,18H2,1H3;1H. The molecular weight excluding hydrogens is 307 g/mol. The van der Waals surface area contributed by atoms with Gasteiger partial charge < -0.3 is 15.7 Å². The van der Waals surface area contributed by atoms with Gasteiger partial charge in [-0.2, -0.15) is 0 Å². The quantitative estimate of drug-likeness (QED) is 0.888. The van der Waals surface area contributed by atoms with Crippen LogP contribution in [0, 0.1) is 17.7 Å². The highest BCUT2D eigenvalue weighted by Crippen LogP contribution is 2.31. The number of amides is 1. The van der Waals surface area contributed by atoms with E-state index >= 15 is 0 Å². The summed E-state index contributed by atoms with van der Waals surface area (Å²) in [5.74, 6) is -0.259. The molecule has 1 amide bonds. The van der Waals surface area contributed by atoms with Crippen molar-refractivity contribution in [2.75, 3.05) is 19.6 Å². The summed E-state index contributed by atoms with van der Waals surface area (Å²) < 4.78 is 12.9. The first-order valence-electron chi connectivity index (χ1n) is 7.45. The van der Waals surface area contributed by atoms with Gasteiger partial charge in [0.25, 0.3) is 0 Å². The number of halogens is 2. The van der Waals surface area contributed by atoms with Gasteiger partial charge >= 0.3 is 0 Å². The van der Waals surface area contributed by atoms with Crippen LogP contribution in [0.2, 0.25) is 0 Å². The summed E-state index contributed by atoms with van der Waals surface area (Å²) in [7, 11) is 0. The van der Waals surface area contributed by atoms with Crippen LogP contribution < -0.4 is 5.73 Å². The second kappa shape index (κ2) is 8.46. The van der Waals surface area contributed by atoms with Crippen LogP contribution in [0.1, 0.15) is 31.4 Å². The Morgan fingerprint density at radius 3 is 2.41 bits per heavy atom. The van der Waals surface area contributed by atoms with Gasteiger partial charge in [-0.15, -0.1) is 12.4 Å². The van der Waals surface area contributed by atoms with E-state index < -0.39 is 6.10 Å². The Labute approximate surface area is 136 Å². The number of hydrogen-bond donors (Lipinski definition) is 2. The number of nitrogens with two attached hydrogens (primary N) is 1. The average molecular weight is 331 g/mol. The Hall–Kier alpha value is -1.17. The van der Waals surface area contributed by atoms with Crippen molar-refractivity contribution in [2.24, 2.45) is 17.6 Å². The molecule has 22 heavy (non-hydrogen) atoms. The Bertz CT molecular complexity index is 476. The summed E-state index contributed by atoms with van der Waals surface area (Å²) in [4.78, 5) is 13.9. The van der Waals surface area contributed by atoms with Gasteiger partial charge in [-0.1, -0.05) is 19.1 Å². The van der Waals surface area contributed by atoms with E-state index in [0.29, 0.717) is 19.6 Å². The average Bonchev–Trinajstić information content (AvgIpc) is 2.53. The first-order chi connectivity index (χ1) is 10.0. The van der Waals surface area contributed by atoms with Crippen LogP contribution >= 0.6 is 12.4 Å². The number of carbonyl (C=O) groups excluding carboxylic acids is 1. The number of aliphatic hydroxyl groups is 1. The molecule has 1 aromatic rings. The number of carbonyl (C=O) groups is 1. The van der Waals surface area contributed by atoms with Crippen molar-refractivity contribution in [1.29, 1.82) is 0 Å². The number of piperidine rings is 1. The van der Waals surface area contributed by atoms with Crippen LogP contribution in [0.4, 0.5) is 4.39 Å². The maximum Gasteiger partial charge on any atom is 0.226 e. The Balaban J connectivity index is 0.00000242. The largest absolute Gasteiger partial charge is 0.388 e. The fourth-order valence-electron chi connectivity index (χ4n) is 2.78. The van der Waals surface area contributed by atoms with Gasteiger partial charge in [0.15, 0.2) is 0 Å². The molecule has 4 nitrogen and oxygen atoms in total. The lowest BCUT2D eigenvalue weighted by Gasteiger charge is -2.35. The molecule has 0 aromatic heterocycles. The van der Waals surface area contributed by atoms with Crippen LogP contribution in [0.25, 0.3) is 0 Å². The lowest BCUT2D eigenvalue weighted by molar-refractivity contribution is -0.136. The first kappa shape index (κ1) is 18.9. The molecule has 2 atom stereocenters.